The Morgan fingerprint density at radius 3 is 2.40 bits per heavy atom. The van der Waals surface area contributed by atoms with E-state index in [2.05, 4.69) is 10.6 Å². The van der Waals surface area contributed by atoms with Crippen LogP contribution in [0, 0.1) is 6.92 Å². The van der Waals surface area contributed by atoms with Crippen molar-refractivity contribution in [3.8, 4) is 0 Å². The summed E-state index contributed by atoms with van der Waals surface area (Å²) in [7, 11) is 4.53. The topological polar surface area (TPSA) is 97.0 Å². The van der Waals surface area contributed by atoms with Gasteiger partial charge in [0.25, 0.3) is 5.91 Å². The number of ether oxygens (including phenoxy) is 2. The molecule has 0 fully saturated rings. The summed E-state index contributed by atoms with van der Waals surface area (Å²) in [6, 6.07) is 6.76. The number of carbonyl (C=O) groups is 3. The fourth-order valence-electron chi connectivity index (χ4n) is 2.59. The smallest absolute Gasteiger partial charge is 0.341 e. The van der Waals surface area contributed by atoms with Crippen molar-refractivity contribution >= 4 is 57.2 Å². The third-order valence-electron chi connectivity index (χ3n) is 4.03. The Morgan fingerprint density at radius 1 is 1.13 bits per heavy atom. The van der Waals surface area contributed by atoms with Crippen LogP contribution in [0.5, 0.6) is 0 Å². The summed E-state index contributed by atoms with van der Waals surface area (Å²) in [6.45, 7) is 3.65. The van der Waals surface area contributed by atoms with Crippen LogP contribution in [0.2, 0.25) is 0 Å². The molecule has 160 valence electrons. The summed E-state index contributed by atoms with van der Waals surface area (Å²) in [5, 5.41) is 6.40. The van der Waals surface area contributed by atoms with Crippen molar-refractivity contribution in [2.24, 2.45) is 0 Å². The van der Waals surface area contributed by atoms with Crippen LogP contribution in [0.3, 0.4) is 0 Å². The number of nitrogens with one attached hydrogen (secondary N) is 2. The van der Waals surface area contributed by atoms with E-state index in [1.807, 2.05) is 0 Å². The molecule has 1 aromatic carbocycles. The maximum Gasteiger partial charge on any atom is 0.341 e. The molecule has 2 rings (SSSR count). The van der Waals surface area contributed by atoms with Gasteiger partial charge < -0.3 is 25.0 Å². The largest absolute Gasteiger partial charge is 0.465 e. The second-order valence-electron chi connectivity index (χ2n) is 6.30. The normalized spacial score (nSPS) is 10.2. The molecule has 1 aromatic heterocycles. The van der Waals surface area contributed by atoms with E-state index >= 15 is 0 Å². The van der Waals surface area contributed by atoms with Gasteiger partial charge in [-0.15, -0.1) is 11.3 Å². The molecule has 2 aromatic rings. The van der Waals surface area contributed by atoms with Crippen molar-refractivity contribution < 1.29 is 23.9 Å². The van der Waals surface area contributed by atoms with Crippen LogP contribution in [0.15, 0.2) is 24.3 Å². The van der Waals surface area contributed by atoms with Crippen LogP contribution in [-0.2, 0) is 9.47 Å². The van der Waals surface area contributed by atoms with Crippen molar-refractivity contribution in [2.75, 3.05) is 38.4 Å². The lowest BCUT2D eigenvalue weighted by molar-refractivity contribution is 0.0526. The highest BCUT2D eigenvalue weighted by Crippen LogP contribution is 2.34. The summed E-state index contributed by atoms with van der Waals surface area (Å²) in [5.74, 6) is -1.30. The maximum atomic E-state index is 12.5. The van der Waals surface area contributed by atoms with Crippen molar-refractivity contribution in [1.82, 2.24) is 4.90 Å². The van der Waals surface area contributed by atoms with E-state index in [1.165, 1.54) is 12.0 Å². The summed E-state index contributed by atoms with van der Waals surface area (Å²) < 4.78 is 9.92. The zero-order valence-corrected chi connectivity index (χ0v) is 19.0. The fourth-order valence-corrected chi connectivity index (χ4v) is 4.09. The first-order chi connectivity index (χ1) is 14.2. The standard InChI is InChI=1S/C20H23N3O5S2/c1-6-28-18(25)12-9-7-8-10-13(12)21-20(29)22-16-14(19(26)27-5)11(2)15(30-16)17(24)23(3)4/h7-10H,6H2,1-5H3,(H2,21,22,29). The quantitative estimate of drug-likeness (QED) is 0.511. The lowest BCUT2D eigenvalue weighted by Gasteiger charge is -2.13. The van der Waals surface area contributed by atoms with Crippen molar-refractivity contribution in [3.63, 3.8) is 0 Å². The number of amides is 1. The van der Waals surface area contributed by atoms with E-state index in [-0.39, 0.29) is 23.2 Å². The lowest BCUT2D eigenvalue weighted by atomic mass is 10.1. The number of nitrogens with zero attached hydrogens (tertiary/aromatic N) is 1. The van der Waals surface area contributed by atoms with Gasteiger partial charge in [0.15, 0.2) is 5.11 Å². The second kappa shape index (κ2) is 10.2. The van der Waals surface area contributed by atoms with Gasteiger partial charge in [0.2, 0.25) is 0 Å². The van der Waals surface area contributed by atoms with E-state index in [1.54, 1.807) is 52.2 Å². The molecule has 2 N–H and O–H groups in total. The minimum absolute atomic E-state index is 0.141. The highest BCUT2D eigenvalue weighted by Gasteiger charge is 2.26. The van der Waals surface area contributed by atoms with Gasteiger partial charge in [-0.3, -0.25) is 4.79 Å². The lowest BCUT2D eigenvalue weighted by Crippen LogP contribution is -2.22. The van der Waals surface area contributed by atoms with E-state index in [4.69, 9.17) is 21.7 Å². The van der Waals surface area contributed by atoms with Gasteiger partial charge in [0.05, 0.1) is 35.4 Å². The van der Waals surface area contributed by atoms with E-state index in [0.29, 0.717) is 26.7 Å². The number of thiocarbonyl (C=S) groups is 1. The van der Waals surface area contributed by atoms with Crippen LogP contribution in [0.1, 0.15) is 42.9 Å². The Bertz CT molecular complexity index is 985. The van der Waals surface area contributed by atoms with E-state index in [0.717, 1.165) is 11.3 Å². The molecular weight excluding hydrogens is 426 g/mol. The molecule has 0 saturated carbocycles. The van der Waals surface area contributed by atoms with Crippen LogP contribution >= 0.6 is 23.6 Å². The number of thiophene rings is 1. The molecular formula is C20H23N3O5S2. The number of anilines is 2. The Morgan fingerprint density at radius 2 is 1.80 bits per heavy atom. The van der Waals surface area contributed by atoms with E-state index in [9.17, 15) is 14.4 Å². The fraction of sp³-hybridized carbons (Fsp3) is 0.300. The number of hydrogen-bond donors (Lipinski definition) is 2. The predicted octanol–water partition coefficient (Wildman–Crippen LogP) is 3.53. The molecule has 0 bridgehead atoms. The first-order valence-corrected chi connectivity index (χ1v) is 10.2. The Kier molecular flexibility index (Phi) is 7.90. The minimum Gasteiger partial charge on any atom is -0.465 e. The zero-order chi connectivity index (χ0) is 22.4. The summed E-state index contributed by atoms with van der Waals surface area (Å²) in [5.41, 5.74) is 1.51. The van der Waals surface area contributed by atoms with Gasteiger partial charge in [0.1, 0.15) is 5.00 Å². The molecule has 0 radical (unpaired) electrons. The third-order valence-corrected chi connectivity index (χ3v) is 5.43. The number of methoxy groups -OCH3 is 1. The molecule has 10 heteroatoms. The number of rotatable bonds is 6. The van der Waals surface area contributed by atoms with Gasteiger partial charge in [0, 0.05) is 14.1 Å². The Balaban J connectivity index is 2.33. The van der Waals surface area contributed by atoms with Gasteiger partial charge >= 0.3 is 11.9 Å². The molecule has 0 unspecified atom stereocenters. The molecule has 0 aliphatic rings. The molecule has 1 amide bonds. The third kappa shape index (κ3) is 5.14. The van der Waals surface area contributed by atoms with Crippen LogP contribution in [0.4, 0.5) is 10.7 Å². The predicted molar refractivity (Wildman–Crippen MR) is 121 cm³/mol. The number of hydrogen-bond acceptors (Lipinski definition) is 7. The van der Waals surface area contributed by atoms with Crippen LogP contribution < -0.4 is 10.6 Å². The van der Waals surface area contributed by atoms with Gasteiger partial charge in [-0.2, -0.15) is 0 Å². The second-order valence-corrected chi connectivity index (χ2v) is 7.73. The van der Waals surface area contributed by atoms with Crippen molar-refractivity contribution in [3.05, 3.63) is 45.8 Å². The SMILES string of the molecule is CCOC(=O)c1ccccc1NC(=S)Nc1sc(C(=O)N(C)C)c(C)c1C(=O)OC. The Labute approximate surface area is 184 Å². The molecule has 0 atom stereocenters. The Hall–Kier alpha value is -2.98. The molecule has 0 saturated heterocycles. The first-order valence-electron chi connectivity index (χ1n) is 8.98. The average molecular weight is 450 g/mol. The average Bonchev–Trinajstić information content (AvgIpc) is 3.02. The van der Waals surface area contributed by atoms with Gasteiger partial charge in [-0.25, -0.2) is 9.59 Å². The molecule has 30 heavy (non-hydrogen) atoms. The van der Waals surface area contributed by atoms with Crippen molar-refractivity contribution in [1.29, 1.82) is 0 Å². The number of esters is 2. The minimum atomic E-state index is -0.584. The summed E-state index contributed by atoms with van der Waals surface area (Å²) in [4.78, 5) is 38.7. The number of benzene rings is 1. The maximum absolute atomic E-state index is 12.5. The van der Waals surface area contributed by atoms with Crippen LogP contribution in [0.25, 0.3) is 0 Å². The van der Waals surface area contributed by atoms with Crippen LogP contribution in [-0.4, -0.2) is 55.7 Å². The van der Waals surface area contributed by atoms with E-state index < -0.39 is 11.9 Å². The summed E-state index contributed by atoms with van der Waals surface area (Å²) in [6.07, 6.45) is 0. The monoisotopic (exact) mass is 449 g/mol. The van der Waals surface area contributed by atoms with Gasteiger partial charge in [-0.05, 0) is 43.8 Å². The molecule has 8 nitrogen and oxygen atoms in total. The van der Waals surface area contributed by atoms with Gasteiger partial charge in [-0.1, -0.05) is 12.1 Å². The highest BCUT2D eigenvalue weighted by molar-refractivity contribution is 7.80. The van der Waals surface area contributed by atoms with Crippen molar-refractivity contribution in [2.45, 2.75) is 13.8 Å². The summed E-state index contributed by atoms with van der Waals surface area (Å²) >= 11 is 6.47. The number of carbonyl (C=O) groups excluding carboxylic acids is 3. The molecule has 0 spiro atoms. The highest BCUT2D eigenvalue weighted by atomic mass is 32.1. The zero-order valence-electron chi connectivity index (χ0n) is 17.3. The molecule has 0 aliphatic heterocycles. The first kappa shape index (κ1) is 23.3. The molecule has 1 heterocycles. The molecule has 0 aliphatic carbocycles. The number of para-hydroxylation sites is 1.